The lowest BCUT2D eigenvalue weighted by Crippen LogP contribution is -2.27. The normalized spacial score (nSPS) is 24.4. The van der Waals surface area contributed by atoms with Gasteiger partial charge in [0.15, 0.2) is 0 Å². The fourth-order valence-corrected chi connectivity index (χ4v) is 5.68. The quantitative estimate of drug-likeness (QED) is 0.864. The van der Waals surface area contributed by atoms with E-state index in [2.05, 4.69) is 5.32 Å². The van der Waals surface area contributed by atoms with Gasteiger partial charge in [0.1, 0.15) is 5.00 Å². The zero-order valence-electron chi connectivity index (χ0n) is 14.2. The second kappa shape index (κ2) is 6.30. The lowest BCUT2D eigenvalue weighted by molar-refractivity contribution is -0.121. The second-order valence-electron chi connectivity index (χ2n) is 7.24. The maximum atomic E-state index is 12.8. The van der Waals surface area contributed by atoms with Gasteiger partial charge in [-0.1, -0.05) is 36.8 Å². The lowest BCUT2D eigenvalue weighted by atomic mass is 9.88. The standard InChI is InChI=1S/C20H22N2O2S/c1-11-16(13-5-3-2-4-6-13)17(18(21)23)20(25-11)22-19(24)15-10-12-7-8-14(15)9-12/h2-6,12,14-15H,7-10H2,1H3,(H2,21,23)(H,22,24). The highest BCUT2D eigenvalue weighted by Crippen LogP contribution is 2.49. The van der Waals surface area contributed by atoms with Crippen molar-refractivity contribution in [3.8, 4) is 11.1 Å². The molecule has 0 radical (unpaired) electrons. The number of carbonyl (C=O) groups excluding carboxylic acids is 2. The Morgan fingerprint density at radius 3 is 2.52 bits per heavy atom. The van der Waals surface area contributed by atoms with Crippen molar-refractivity contribution in [2.45, 2.75) is 32.6 Å². The topological polar surface area (TPSA) is 72.2 Å². The molecule has 2 aromatic rings. The summed E-state index contributed by atoms with van der Waals surface area (Å²) in [5.41, 5.74) is 7.89. The lowest BCUT2D eigenvalue weighted by Gasteiger charge is -2.20. The Morgan fingerprint density at radius 1 is 1.16 bits per heavy atom. The van der Waals surface area contributed by atoms with E-state index in [0.29, 0.717) is 22.4 Å². The number of hydrogen-bond donors (Lipinski definition) is 2. The van der Waals surface area contributed by atoms with E-state index < -0.39 is 5.91 Å². The zero-order valence-corrected chi connectivity index (χ0v) is 15.1. The number of primary amides is 1. The summed E-state index contributed by atoms with van der Waals surface area (Å²) < 4.78 is 0. The summed E-state index contributed by atoms with van der Waals surface area (Å²) in [6, 6.07) is 9.73. The maximum Gasteiger partial charge on any atom is 0.252 e. The van der Waals surface area contributed by atoms with Gasteiger partial charge in [-0.3, -0.25) is 9.59 Å². The molecule has 25 heavy (non-hydrogen) atoms. The van der Waals surface area contributed by atoms with Crippen molar-refractivity contribution in [1.29, 1.82) is 0 Å². The molecule has 2 fully saturated rings. The average Bonchev–Trinajstić information content (AvgIpc) is 3.29. The van der Waals surface area contributed by atoms with Crippen LogP contribution in [0.4, 0.5) is 5.00 Å². The van der Waals surface area contributed by atoms with E-state index in [1.807, 2.05) is 37.3 Å². The van der Waals surface area contributed by atoms with Crippen LogP contribution in [0.25, 0.3) is 11.1 Å². The number of nitrogens with two attached hydrogens (primary N) is 1. The summed E-state index contributed by atoms with van der Waals surface area (Å²) in [6.07, 6.45) is 4.58. The molecular weight excluding hydrogens is 332 g/mol. The van der Waals surface area contributed by atoms with Crippen molar-refractivity contribution in [1.82, 2.24) is 0 Å². The van der Waals surface area contributed by atoms with E-state index in [9.17, 15) is 9.59 Å². The Bertz CT molecular complexity index is 828. The summed E-state index contributed by atoms with van der Waals surface area (Å²) in [5.74, 6) is 0.863. The van der Waals surface area contributed by atoms with Crippen LogP contribution in [0.2, 0.25) is 0 Å². The highest BCUT2D eigenvalue weighted by molar-refractivity contribution is 7.17. The minimum Gasteiger partial charge on any atom is -0.365 e. The minimum atomic E-state index is -0.494. The van der Waals surface area contributed by atoms with Gasteiger partial charge in [0.2, 0.25) is 5.91 Å². The van der Waals surface area contributed by atoms with E-state index >= 15 is 0 Å². The van der Waals surface area contributed by atoms with E-state index in [4.69, 9.17) is 5.73 Å². The molecule has 5 heteroatoms. The number of benzene rings is 1. The third-order valence-corrected chi connectivity index (χ3v) is 6.73. The van der Waals surface area contributed by atoms with Crippen molar-refractivity contribution < 1.29 is 9.59 Å². The van der Waals surface area contributed by atoms with Gasteiger partial charge in [0.25, 0.3) is 5.91 Å². The summed E-state index contributed by atoms with van der Waals surface area (Å²) in [4.78, 5) is 25.9. The van der Waals surface area contributed by atoms with Gasteiger partial charge < -0.3 is 11.1 Å². The zero-order chi connectivity index (χ0) is 17.6. The first-order valence-corrected chi connectivity index (χ1v) is 9.65. The summed E-state index contributed by atoms with van der Waals surface area (Å²) >= 11 is 1.44. The molecule has 4 rings (SSSR count). The number of thiophene rings is 1. The molecule has 0 aliphatic heterocycles. The molecule has 0 saturated heterocycles. The second-order valence-corrected chi connectivity index (χ2v) is 8.46. The molecule has 2 aliphatic rings. The van der Waals surface area contributed by atoms with E-state index in [0.717, 1.165) is 28.8 Å². The van der Waals surface area contributed by atoms with Crippen LogP contribution in [0.15, 0.2) is 30.3 Å². The SMILES string of the molecule is Cc1sc(NC(=O)C2CC3CCC2C3)c(C(N)=O)c1-c1ccccc1. The Morgan fingerprint density at radius 2 is 1.92 bits per heavy atom. The fraction of sp³-hybridized carbons (Fsp3) is 0.400. The van der Waals surface area contributed by atoms with Gasteiger partial charge in [0, 0.05) is 16.4 Å². The molecule has 1 aromatic heterocycles. The number of hydrogen-bond acceptors (Lipinski definition) is 3. The predicted octanol–water partition coefficient (Wildman–Crippen LogP) is 4.20. The van der Waals surface area contributed by atoms with Crippen molar-refractivity contribution in [3.63, 3.8) is 0 Å². The highest BCUT2D eigenvalue weighted by Gasteiger charge is 2.43. The van der Waals surface area contributed by atoms with Crippen LogP contribution in [0.3, 0.4) is 0 Å². The molecular formula is C20H22N2O2S. The van der Waals surface area contributed by atoms with Gasteiger partial charge >= 0.3 is 0 Å². The molecule has 0 spiro atoms. The third kappa shape index (κ3) is 2.86. The van der Waals surface area contributed by atoms with Gasteiger partial charge in [-0.15, -0.1) is 11.3 Å². The van der Waals surface area contributed by atoms with Crippen LogP contribution in [-0.4, -0.2) is 11.8 Å². The first kappa shape index (κ1) is 16.3. The molecule has 2 aliphatic carbocycles. The van der Waals surface area contributed by atoms with E-state index in [1.165, 1.54) is 24.2 Å². The summed E-state index contributed by atoms with van der Waals surface area (Å²) in [7, 11) is 0. The van der Waals surface area contributed by atoms with E-state index in [-0.39, 0.29) is 11.8 Å². The molecule has 3 atom stereocenters. The van der Waals surface area contributed by atoms with Gasteiger partial charge in [0.05, 0.1) is 5.56 Å². The van der Waals surface area contributed by atoms with Crippen molar-refractivity contribution in [2.75, 3.05) is 5.32 Å². The third-order valence-electron chi connectivity index (χ3n) is 5.70. The van der Waals surface area contributed by atoms with Gasteiger partial charge in [-0.2, -0.15) is 0 Å². The van der Waals surface area contributed by atoms with Crippen molar-refractivity contribution in [3.05, 3.63) is 40.8 Å². The van der Waals surface area contributed by atoms with Crippen LogP contribution in [-0.2, 0) is 4.79 Å². The number of amides is 2. The highest BCUT2D eigenvalue weighted by atomic mass is 32.1. The molecule has 4 nitrogen and oxygen atoms in total. The number of anilines is 1. The summed E-state index contributed by atoms with van der Waals surface area (Å²) in [6.45, 7) is 1.96. The van der Waals surface area contributed by atoms with Crippen LogP contribution in [0, 0.1) is 24.7 Å². The average molecular weight is 354 g/mol. The largest absolute Gasteiger partial charge is 0.365 e. The van der Waals surface area contributed by atoms with Crippen LogP contribution in [0.1, 0.15) is 40.9 Å². The first-order chi connectivity index (χ1) is 12.0. The molecule has 2 saturated carbocycles. The molecule has 2 bridgehead atoms. The Hall–Kier alpha value is -2.14. The number of fused-ring (bicyclic) bond motifs is 2. The Kier molecular flexibility index (Phi) is 4.12. The van der Waals surface area contributed by atoms with Crippen molar-refractivity contribution >= 4 is 28.2 Å². The van der Waals surface area contributed by atoms with Crippen LogP contribution in [0.5, 0.6) is 0 Å². The van der Waals surface area contributed by atoms with Crippen LogP contribution < -0.4 is 11.1 Å². The van der Waals surface area contributed by atoms with Gasteiger partial charge in [-0.25, -0.2) is 0 Å². The number of rotatable bonds is 4. The fourth-order valence-electron chi connectivity index (χ4n) is 4.59. The van der Waals surface area contributed by atoms with Gasteiger partial charge in [-0.05, 0) is 43.6 Å². The smallest absolute Gasteiger partial charge is 0.252 e. The molecule has 2 amide bonds. The number of aryl methyl sites for hydroxylation is 1. The monoisotopic (exact) mass is 354 g/mol. The summed E-state index contributed by atoms with van der Waals surface area (Å²) in [5, 5.41) is 3.62. The Balaban J connectivity index is 1.66. The number of nitrogens with one attached hydrogen (secondary N) is 1. The van der Waals surface area contributed by atoms with Crippen LogP contribution >= 0.6 is 11.3 Å². The minimum absolute atomic E-state index is 0.0514. The first-order valence-electron chi connectivity index (χ1n) is 8.84. The molecule has 1 heterocycles. The predicted molar refractivity (Wildman–Crippen MR) is 101 cm³/mol. The Labute approximate surface area is 151 Å². The molecule has 3 unspecified atom stereocenters. The maximum absolute atomic E-state index is 12.8. The molecule has 130 valence electrons. The van der Waals surface area contributed by atoms with Crippen molar-refractivity contribution in [2.24, 2.45) is 23.5 Å². The molecule has 3 N–H and O–H groups in total. The van der Waals surface area contributed by atoms with E-state index in [1.54, 1.807) is 0 Å². The molecule has 1 aromatic carbocycles. The number of carbonyl (C=O) groups is 2.